The quantitative estimate of drug-likeness (QED) is 0.629. The fourth-order valence-corrected chi connectivity index (χ4v) is 3.51. The van der Waals surface area contributed by atoms with Gasteiger partial charge in [-0.2, -0.15) is 8.42 Å². The van der Waals surface area contributed by atoms with Crippen molar-refractivity contribution < 1.29 is 26.5 Å². The summed E-state index contributed by atoms with van der Waals surface area (Å²) < 4.78 is 48.3. The van der Waals surface area contributed by atoms with Crippen LogP contribution in [0.25, 0.3) is 0 Å². The van der Waals surface area contributed by atoms with Crippen LogP contribution in [0.1, 0.15) is 24.8 Å². The zero-order valence-electron chi connectivity index (χ0n) is 11.8. The first-order valence-corrected chi connectivity index (χ1v) is 7.98. The summed E-state index contributed by atoms with van der Waals surface area (Å²) in [5.74, 6) is -1.09. The second-order valence-electron chi connectivity index (χ2n) is 5.10. The van der Waals surface area contributed by atoms with Crippen molar-refractivity contribution in [2.75, 3.05) is 7.11 Å². The lowest BCUT2D eigenvalue weighted by molar-refractivity contribution is -0.159. The van der Waals surface area contributed by atoms with E-state index in [0.717, 1.165) is 12.7 Å². The van der Waals surface area contributed by atoms with Crippen LogP contribution >= 0.6 is 0 Å². The Hall–Kier alpha value is -1.47. The molecule has 1 fully saturated rings. The lowest BCUT2D eigenvalue weighted by Gasteiger charge is -2.24. The van der Waals surface area contributed by atoms with Crippen molar-refractivity contribution in [1.29, 1.82) is 0 Å². The number of alkyl halides is 1. The number of carbonyl (C=O) groups is 1. The van der Waals surface area contributed by atoms with E-state index < -0.39 is 27.9 Å². The maximum Gasteiger partial charge on any atom is 0.346 e. The van der Waals surface area contributed by atoms with E-state index in [1.165, 1.54) is 12.1 Å². The third kappa shape index (κ3) is 3.08. The third-order valence-electron chi connectivity index (χ3n) is 3.59. The molecule has 1 saturated carbocycles. The molecule has 0 spiro atoms. The number of esters is 1. The highest BCUT2D eigenvalue weighted by molar-refractivity contribution is 7.86. The fraction of sp³-hybridized carbons (Fsp3) is 0.500. The molecule has 1 aliphatic carbocycles. The lowest BCUT2D eigenvalue weighted by Crippen LogP contribution is -2.44. The van der Waals surface area contributed by atoms with Gasteiger partial charge in [-0.25, -0.2) is 9.18 Å². The minimum absolute atomic E-state index is 0.0628. The fourth-order valence-electron chi connectivity index (χ4n) is 2.38. The van der Waals surface area contributed by atoms with Gasteiger partial charge < -0.3 is 4.74 Å². The second-order valence-corrected chi connectivity index (χ2v) is 6.67. The number of rotatable bonds is 4. The molecule has 0 aliphatic heterocycles. The lowest BCUT2D eigenvalue weighted by atomic mass is 10.0. The van der Waals surface area contributed by atoms with Gasteiger partial charge >= 0.3 is 5.97 Å². The van der Waals surface area contributed by atoms with Gasteiger partial charge in [0.15, 0.2) is 0 Å². The predicted octanol–water partition coefficient (Wildman–Crippen LogP) is 2.13. The molecule has 2 atom stereocenters. The van der Waals surface area contributed by atoms with Crippen molar-refractivity contribution in [3.8, 4) is 0 Å². The van der Waals surface area contributed by atoms with E-state index in [9.17, 15) is 17.6 Å². The van der Waals surface area contributed by atoms with Gasteiger partial charge in [0.1, 0.15) is 6.10 Å². The molecule has 0 radical (unpaired) electrons. The maximum atomic E-state index is 14.6. The SMILES string of the molecule is COC(=O)C1(F)CCCC1OS(=O)(=O)c1ccc(C)cc1. The molecule has 0 amide bonds. The molecule has 0 bridgehead atoms. The van der Waals surface area contributed by atoms with Crippen molar-refractivity contribution in [1.82, 2.24) is 0 Å². The summed E-state index contributed by atoms with van der Waals surface area (Å²) in [6.07, 6.45) is -0.944. The average molecular weight is 316 g/mol. The number of carbonyl (C=O) groups excluding carboxylic acids is 1. The Morgan fingerprint density at radius 1 is 1.33 bits per heavy atom. The Labute approximate surface area is 123 Å². The summed E-state index contributed by atoms with van der Waals surface area (Å²) in [4.78, 5) is 11.5. The molecular weight excluding hydrogens is 299 g/mol. The first kappa shape index (κ1) is 15.9. The van der Waals surface area contributed by atoms with Gasteiger partial charge in [-0.3, -0.25) is 4.18 Å². The van der Waals surface area contributed by atoms with Gasteiger partial charge in [0.25, 0.3) is 10.1 Å². The molecule has 116 valence electrons. The van der Waals surface area contributed by atoms with Crippen LogP contribution in [0.15, 0.2) is 29.2 Å². The second kappa shape index (κ2) is 5.73. The molecule has 21 heavy (non-hydrogen) atoms. The number of ether oxygens (including phenoxy) is 1. The van der Waals surface area contributed by atoms with E-state index in [1.807, 2.05) is 6.92 Å². The molecule has 1 aromatic rings. The summed E-state index contributed by atoms with van der Waals surface area (Å²) in [7, 11) is -3.06. The van der Waals surface area contributed by atoms with Crippen molar-refractivity contribution in [3.63, 3.8) is 0 Å². The number of halogens is 1. The molecule has 2 rings (SSSR count). The van der Waals surface area contributed by atoms with Crippen LogP contribution in [0.2, 0.25) is 0 Å². The molecule has 0 aromatic heterocycles. The molecule has 5 nitrogen and oxygen atoms in total. The topological polar surface area (TPSA) is 69.7 Å². The van der Waals surface area contributed by atoms with Crippen LogP contribution in [0.5, 0.6) is 0 Å². The highest BCUT2D eigenvalue weighted by Crippen LogP contribution is 2.38. The van der Waals surface area contributed by atoms with Crippen molar-refractivity contribution in [2.24, 2.45) is 0 Å². The first-order chi connectivity index (χ1) is 9.79. The maximum absolute atomic E-state index is 14.6. The molecule has 1 aromatic carbocycles. The van der Waals surface area contributed by atoms with Gasteiger partial charge in [-0.05, 0) is 38.3 Å². The Morgan fingerprint density at radius 2 is 1.95 bits per heavy atom. The number of hydrogen-bond donors (Lipinski definition) is 0. The molecule has 2 unspecified atom stereocenters. The van der Waals surface area contributed by atoms with Crippen LogP contribution in [-0.4, -0.2) is 33.3 Å². The number of benzene rings is 1. The van der Waals surface area contributed by atoms with Gasteiger partial charge in [-0.15, -0.1) is 0 Å². The molecule has 0 saturated heterocycles. The van der Waals surface area contributed by atoms with Gasteiger partial charge in [0.2, 0.25) is 5.67 Å². The van der Waals surface area contributed by atoms with Gasteiger partial charge in [0.05, 0.1) is 12.0 Å². The number of hydrogen-bond acceptors (Lipinski definition) is 5. The van der Waals surface area contributed by atoms with Crippen molar-refractivity contribution >= 4 is 16.1 Å². The minimum Gasteiger partial charge on any atom is -0.467 e. The Balaban J connectivity index is 2.24. The smallest absolute Gasteiger partial charge is 0.346 e. The van der Waals surface area contributed by atoms with E-state index in [0.29, 0.717) is 6.42 Å². The zero-order valence-corrected chi connectivity index (χ0v) is 12.7. The Bertz CT molecular complexity index is 625. The van der Waals surface area contributed by atoms with E-state index >= 15 is 0 Å². The van der Waals surface area contributed by atoms with E-state index in [4.69, 9.17) is 4.18 Å². The Morgan fingerprint density at radius 3 is 2.52 bits per heavy atom. The summed E-state index contributed by atoms with van der Waals surface area (Å²) in [6, 6.07) is 6.01. The third-order valence-corrected chi connectivity index (χ3v) is 4.93. The van der Waals surface area contributed by atoms with Crippen molar-refractivity contribution in [2.45, 2.75) is 42.9 Å². The highest BCUT2D eigenvalue weighted by Gasteiger charge is 2.53. The van der Waals surface area contributed by atoms with E-state index in [-0.39, 0.29) is 17.7 Å². The number of aryl methyl sites for hydroxylation is 1. The summed E-state index contributed by atoms with van der Waals surface area (Å²) >= 11 is 0. The van der Waals surface area contributed by atoms with Crippen LogP contribution < -0.4 is 0 Å². The van der Waals surface area contributed by atoms with Crippen LogP contribution in [0, 0.1) is 6.92 Å². The summed E-state index contributed by atoms with van der Waals surface area (Å²) in [5, 5.41) is 0. The molecular formula is C14H17FO5S. The van der Waals surface area contributed by atoms with Crippen LogP contribution in [-0.2, 0) is 23.8 Å². The van der Waals surface area contributed by atoms with Crippen LogP contribution in [0.3, 0.4) is 0 Å². The molecule has 0 heterocycles. The van der Waals surface area contributed by atoms with E-state index in [2.05, 4.69) is 4.74 Å². The highest BCUT2D eigenvalue weighted by atomic mass is 32.2. The zero-order chi connectivity index (χ0) is 15.7. The van der Waals surface area contributed by atoms with Crippen LogP contribution in [0.4, 0.5) is 4.39 Å². The molecule has 1 aliphatic rings. The normalized spacial score (nSPS) is 25.8. The Kier molecular flexibility index (Phi) is 4.34. The molecule has 0 N–H and O–H groups in total. The van der Waals surface area contributed by atoms with Gasteiger partial charge in [0, 0.05) is 0 Å². The number of methoxy groups -OCH3 is 1. The largest absolute Gasteiger partial charge is 0.467 e. The van der Waals surface area contributed by atoms with Gasteiger partial charge in [-0.1, -0.05) is 17.7 Å². The average Bonchev–Trinajstić information content (AvgIpc) is 2.80. The minimum atomic E-state index is -4.12. The predicted molar refractivity (Wildman–Crippen MR) is 72.9 cm³/mol. The first-order valence-electron chi connectivity index (χ1n) is 6.57. The summed E-state index contributed by atoms with van der Waals surface area (Å²) in [6.45, 7) is 1.82. The van der Waals surface area contributed by atoms with E-state index in [1.54, 1.807) is 12.1 Å². The monoisotopic (exact) mass is 316 g/mol. The molecule has 7 heteroatoms. The van der Waals surface area contributed by atoms with Crippen molar-refractivity contribution in [3.05, 3.63) is 29.8 Å². The standard InChI is InChI=1S/C14H17FO5S/c1-10-5-7-11(8-6-10)21(17,18)20-12-4-3-9-14(12,15)13(16)19-2/h5-8,12H,3-4,9H2,1-2H3. The summed E-state index contributed by atoms with van der Waals surface area (Å²) in [5.41, 5.74) is -1.52.